The summed E-state index contributed by atoms with van der Waals surface area (Å²) in [5.41, 5.74) is 1.21. The van der Waals surface area contributed by atoms with E-state index in [1.54, 1.807) is 19.1 Å². The van der Waals surface area contributed by atoms with Crippen molar-refractivity contribution in [1.82, 2.24) is 5.32 Å². The number of benzene rings is 3. The zero-order valence-corrected chi connectivity index (χ0v) is 19.5. The van der Waals surface area contributed by atoms with Crippen molar-refractivity contribution in [3.8, 4) is 11.5 Å². The molecule has 0 aliphatic carbocycles. The summed E-state index contributed by atoms with van der Waals surface area (Å²) in [5, 5.41) is 5.22. The number of methoxy groups -OCH3 is 1. The molecule has 3 rings (SSSR count). The maximum absolute atomic E-state index is 13.0. The number of hydrogen-bond donors (Lipinski definition) is 2. The van der Waals surface area contributed by atoms with Crippen molar-refractivity contribution in [2.75, 3.05) is 25.6 Å². The molecular formula is C26H24F2N2O6. The van der Waals surface area contributed by atoms with Crippen molar-refractivity contribution in [2.24, 2.45) is 0 Å². The molecule has 2 N–H and O–H groups in total. The van der Waals surface area contributed by atoms with Gasteiger partial charge in [-0.1, -0.05) is 12.1 Å². The Bertz CT molecular complexity index is 1220. The van der Waals surface area contributed by atoms with Crippen LogP contribution in [0.2, 0.25) is 0 Å². The molecule has 188 valence electrons. The second kappa shape index (κ2) is 12.3. The molecule has 0 aliphatic heterocycles. The third-order valence-corrected chi connectivity index (χ3v) is 4.97. The number of anilines is 1. The second-order valence-electron chi connectivity index (χ2n) is 7.63. The molecule has 0 aromatic heterocycles. The molecule has 1 unspecified atom stereocenters. The van der Waals surface area contributed by atoms with E-state index in [0.717, 1.165) is 0 Å². The van der Waals surface area contributed by atoms with E-state index >= 15 is 0 Å². The van der Waals surface area contributed by atoms with Gasteiger partial charge in [0.25, 0.3) is 11.8 Å². The Labute approximate surface area is 206 Å². The van der Waals surface area contributed by atoms with Crippen LogP contribution in [0.1, 0.15) is 28.9 Å². The Balaban J connectivity index is 1.50. The molecule has 8 nitrogen and oxygen atoms in total. The molecule has 0 saturated heterocycles. The molecule has 2 amide bonds. The van der Waals surface area contributed by atoms with E-state index in [9.17, 15) is 23.2 Å². The first-order chi connectivity index (χ1) is 17.2. The summed E-state index contributed by atoms with van der Waals surface area (Å²) in [6, 6.07) is 14.7. The molecule has 0 radical (unpaired) electrons. The number of amides is 2. The van der Waals surface area contributed by atoms with Gasteiger partial charge in [-0.3, -0.25) is 9.59 Å². The van der Waals surface area contributed by atoms with Crippen LogP contribution in [0.25, 0.3) is 0 Å². The van der Waals surface area contributed by atoms with Crippen LogP contribution in [0.15, 0.2) is 66.7 Å². The van der Waals surface area contributed by atoms with Crippen LogP contribution in [-0.4, -0.2) is 38.1 Å². The first-order valence-electron chi connectivity index (χ1n) is 10.8. The number of hydrogen-bond acceptors (Lipinski definition) is 6. The predicted molar refractivity (Wildman–Crippen MR) is 127 cm³/mol. The minimum absolute atomic E-state index is 0.106. The smallest absolute Gasteiger partial charge is 0.338 e. The van der Waals surface area contributed by atoms with Gasteiger partial charge in [-0.2, -0.15) is 0 Å². The molecule has 0 fully saturated rings. The van der Waals surface area contributed by atoms with Crippen molar-refractivity contribution in [1.29, 1.82) is 0 Å². The molecule has 0 spiro atoms. The van der Waals surface area contributed by atoms with Gasteiger partial charge < -0.3 is 24.8 Å². The van der Waals surface area contributed by atoms with E-state index in [-0.39, 0.29) is 29.5 Å². The van der Waals surface area contributed by atoms with E-state index in [1.165, 1.54) is 61.7 Å². The Hall–Kier alpha value is -4.47. The van der Waals surface area contributed by atoms with Gasteiger partial charge in [-0.25, -0.2) is 13.6 Å². The van der Waals surface area contributed by atoms with E-state index < -0.39 is 36.2 Å². The minimum atomic E-state index is -0.765. The molecule has 0 aliphatic rings. The summed E-state index contributed by atoms with van der Waals surface area (Å²) in [5.74, 6) is -2.20. The number of esters is 1. The summed E-state index contributed by atoms with van der Waals surface area (Å²) in [4.78, 5) is 36.6. The quantitative estimate of drug-likeness (QED) is 0.410. The monoisotopic (exact) mass is 498 g/mol. The molecule has 10 heteroatoms. The van der Waals surface area contributed by atoms with Gasteiger partial charge in [-0.05, 0) is 67.1 Å². The van der Waals surface area contributed by atoms with E-state index in [4.69, 9.17) is 14.2 Å². The molecule has 36 heavy (non-hydrogen) atoms. The highest BCUT2D eigenvalue weighted by Gasteiger charge is 2.16. The molecule has 3 aromatic carbocycles. The maximum Gasteiger partial charge on any atom is 0.338 e. The van der Waals surface area contributed by atoms with Crippen molar-refractivity contribution in [3.63, 3.8) is 0 Å². The molecular weight excluding hydrogens is 474 g/mol. The third-order valence-electron chi connectivity index (χ3n) is 4.97. The number of nitrogens with one attached hydrogen (secondary N) is 2. The van der Waals surface area contributed by atoms with Gasteiger partial charge in [0.15, 0.2) is 24.7 Å². The van der Waals surface area contributed by atoms with Crippen LogP contribution in [0.3, 0.4) is 0 Å². The number of ether oxygens (including phenoxy) is 3. The van der Waals surface area contributed by atoms with E-state index in [1.807, 2.05) is 0 Å². The highest BCUT2D eigenvalue weighted by molar-refractivity contribution is 5.93. The summed E-state index contributed by atoms with van der Waals surface area (Å²) >= 11 is 0. The molecule has 0 bridgehead atoms. The average Bonchev–Trinajstić information content (AvgIpc) is 2.87. The van der Waals surface area contributed by atoms with E-state index in [2.05, 4.69) is 10.6 Å². The molecule has 1 atom stereocenters. The fourth-order valence-electron chi connectivity index (χ4n) is 3.12. The lowest BCUT2D eigenvalue weighted by molar-refractivity contribution is -0.124. The Morgan fingerprint density at radius 2 is 1.47 bits per heavy atom. The van der Waals surface area contributed by atoms with Gasteiger partial charge in [0.1, 0.15) is 11.6 Å². The van der Waals surface area contributed by atoms with Gasteiger partial charge >= 0.3 is 5.97 Å². The van der Waals surface area contributed by atoms with Crippen molar-refractivity contribution in [2.45, 2.75) is 13.0 Å². The van der Waals surface area contributed by atoms with E-state index in [0.29, 0.717) is 11.3 Å². The summed E-state index contributed by atoms with van der Waals surface area (Å²) in [6.45, 7) is 0.842. The standard InChI is InChI=1S/C26H24F2N2O6/c1-16(17-3-6-19(27)7-4-17)29-24(31)15-36-26(33)18-5-12-22(23(13-18)34-2)35-14-25(32)30-21-10-8-20(28)9-11-21/h3-13,16H,14-15H2,1-2H3,(H,29,31)(H,30,32). The van der Waals surface area contributed by atoms with Gasteiger partial charge in [-0.15, -0.1) is 0 Å². The number of carbonyl (C=O) groups is 3. The normalized spacial score (nSPS) is 11.2. The topological polar surface area (TPSA) is 103 Å². The van der Waals surface area contributed by atoms with Crippen LogP contribution in [-0.2, 0) is 14.3 Å². The fourth-order valence-corrected chi connectivity index (χ4v) is 3.12. The van der Waals surface area contributed by atoms with Gasteiger partial charge in [0, 0.05) is 5.69 Å². The number of carbonyl (C=O) groups excluding carboxylic acids is 3. The van der Waals surface area contributed by atoms with Crippen LogP contribution in [0, 0.1) is 11.6 Å². The highest BCUT2D eigenvalue weighted by atomic mass is 19.1. The minimum Gasteiger partial charge on any atom is -0.493 e. The largest absolute Gasteiger partial charge is 0.493 e. The lowest BCUT2D eigenvalue weighted by atomic mass is 10.1. The SMILES string of the molecule is COc1cc(C(=O)OCC(=O)NC(C)c2ccc(F)cc2)ccc1OCC(=O)Nc1ccc(F)cc1. The lowest BCUT2D eigenvalue weighted by Gasteiger charge is -2.15. The Morgan fingerprint density at radius 1 is 0.833 bits per heavy atom. The van der Waals surface area contributed by atoms with Crippen LogP contribution in [0.4, 0.5) is 14.5 Å². The Morgan fingerprint density at radius 3 is 2.11 bits per heavy atom. The first-order valence-corrected chi connectivity index (χ1v) is 10.8. The van der Waals surface area contributed by atoms with Crippen molar-refractivity contribution in [3.05, 3.63) is 89.5 Å². The van der Waals surface area contributed by atoms with Gasteiger partial charge in [0.2, 0.25) is 0 Å². The Kier molecular flexibility index (Phi) is 8.93. The average molecular weight is 498 g/mol. The molecule has 0 saturated carbocycles. The summed E-state index contributed by atoms with van der Waals surface area (Å²) < 4.78 is 41.8. The zero-order chi connectivity index (χ0) is 26.1. The summed E-state index contributed by atoms with van der Waals surface area (Å²) in [7, 11) is 1.36. The number of halogens is 2. The second-order valence-corrected chi connectivity index (χ2v) is 7.63. The van der Waals surface area contributed by atoms with Crippen LogP contribution < -0.4 is 20.1 Å². The number of rotatable bonds is 10. The highest BCUT2D eigenvalue weighted by Crippen LogP contribution is 2.28. The maximum atomic E-state index is 13.0. The van der Waals surface area contributed by atoms with Crippen molar-refractivity contribution >= 4 is 23.5 Å². The third kappa shape index (κ3) is 7.52. The molecule has 3 aromatic rings. The van der Waals surface area contributed by atoms with Crippen molar-refractivity contribution < 1.29 is 37.4 Å². The van der Waals surface area contributed by atoms with Crippen LogP contribution >= 0.6 is 0 Å². The molecule has 0 heterocycles. The summed E-state index contributed by atoms with van der Waals surface area (Å²) in [6.07, 6.45) is 0. The predicted octanol–water partition coefficient (Wildman–Crippen LogP) is 4.03. The zero-order valence-electron chi connectivity index (χ0n) is 19.5. The first kappa shape index (κ1) is 26.1. The fraction of sp³-hybridized carbons (Fsp3) is 0.192. The lowest BCUT2D eigenvalue weighted by Crippen LogP contribution is -2.31. The van der Waals surface area contributed by atoms with Crippen LogP contribution in [0.5, 0.6) is 11.5 Å². The van der Waals surface area contributed by atoms with Gasteiger partial charge in [0.05, 0.1) is 18.7 Å².